The van der Waals surface area contributed by atoms with Crippen molar-refractivity contribution >= 4 is 5.97 Å². The monoisotopic (exact) mass is 248 g/mol. The number of hydrogen-bond donors (Lipinski definition) is 1. The Balaban J connectivity index is 2.66. The predicted octanol–water partition coefficient (Wildman–Crippen LogP) is 1.87. The lowest BCUT2D eigenvalue weighted by Crippen LogP contribution is -2.25. The highest BCUT2D eigenvalue weighted by molar-refractivity contribution is 5.78. The lowest BCUT2D eigenvalue weighted by molar-refractivity contribution is -0.187. The van der Waals surface area contributed by atoms with Gasteiger partial charge < -0.3 is 9.84 Å². The van der Waals surface area contributed by atoms with Gasteiger partial charge in [0, 0.05) is 0 Å². The quantitative estimate of drug-likeness (QED) is 0.827. The first kappa shape index (κ1) is 13.5. The molecule has 0 bridgehead atoms. The fraction of sp³-hybridized carbons (Fsp3) is 0.364. The molecule has 0 aromatic heterocycles. The van der Waals surface area contributed by atoms with Gasteiger partial charge in [-0.3, -0.25) is 4.79 Å². The van der Waals surface area contributed by atoms with Gasteiger partial charge in [-0.25, -0.2) is 0 Å². The average Bonchev–Trinajstić information content (AvgIpc) is 2.28. The Bertz CT molecular complexity index is 362. The smallest absolute Gasteiger partial charge is 0.422 e. The molecule has 94 valence electrons. The van der Waals surface area contributed by atoms with Crippen molar-refractivity contribution in [1.29, 1.82) is 0 Å². The lowest BCUT2D eigenvalue weighted by Gasteiger charge is -2.14. The summed E-state index contributed by atoms with van der Waals surface area (Å²) >= 11 is 0. The van der Waals surface area contributed by atoms with E-state index in [2.05, 4.69) is 4.74 Å². The first-order valence-corrected chi connectivity index (χ1v) is 4.83. The van der Waals surface area contributed by atoms with Gasteiger partial charge >= 0.3 is 12.1 Å². The number of rotatable bonds is 4. The molecule has 1 aromatic rings. The third-order valence-electron chi connectivity index (χ3n) is 2.05. The summed E-state index contributed by atoms with van der Waals surface area (Å²) in [5, 5.41) is 9.00. The van der Waals surface area contributed by atoms with Crippen molar-refractivity contribution in [3.8, 4) is 0 Å². The first-order valence-electron chi connectivity index (χ1n) is 4.83. The number of hydrogen-bond acceptors (Lipinski definition) is 3. The van der Waals surface area contributed by atoms with Crippen LogP contribution in [0.2, 0.25) is 0 Å². The molecule has 17 heavy (non-hydrogen) atoms. The number of esters is 1. The molecule has 1 atom stereocenters. The van der Waals surface area contributed by atoms with Crippen LogP contribution in [0.3, 0.4) is 0 Å². The zero-order chi connectivity index (χ0) is 12.9. The van der Waals surface area contributed by atoms with Crippen LogP contribution in [0.25, 0.3) is 0 Å². The molecule has 1 N–H and O–H groups in total. The second-order valence-electron chi connectivity index (χ2n) is 3.37. The summed E-state index contributed by atoms with van der Waals surface area (Å²) in [7, 11) is 0. The maximum atomic E-state index is 11.8. The molecule has 0 heterocycles. The summed E-state index contributed by atoms with van der Waals surface area (Å²) in [4.78, 5) is 11.3. The van der Waals surface area contributed by atoms with E-state index in [0.717, 1.165) is 0 Å². The number of halogens is 3. The Morgan fingerprint density at radius 1 is 1.29 bits per heavy atom. The van der Waals surface area contributed by atoms with Gasteiger partial charge in [-0.15, -0.1) is 0 Å². The van der Waals surface area contributed by atoms with E-state index < -0.39 is 31.3 Å². The molecule has 0 aliphatic carbocycles. The third-order valence-corrected chi connectivity index (χ3v) is 2.05. The van der Waals surface area contributed by atoms with Crippen molar-refractivity contribution in [2.75, 3.05) is 13.2 Å². The molecule has 3 nitrogen and oxygen atoms in total. The summed E-state index contributed by atoms with van der Waals surface area (Å²) in [6, 6.07) is 8.01. The summed E-state index contributed by atoms with van der Waals surface area (Å²) < 4.78 is 39.6. The molecular weight excluding hydrogens is 237 g/mol. The average molecular weight is 248 g/mol. The molecule has 0 aliphatic heterocycles. The third kappa shape index (κ3) is 4.44. The molecule has 0 amide bonds. The van der Waals surface area contributed by atoms with E-state index >= 15 is 0 Å². The van der Waals surface area contributed by atoms with E-state index in [0.29, 0.717) is 5.56 Å². The van der Waals surface area contributed by atoms with E-state index in [-0.39, 0.29) is 0 Å². The van der Waals surface area contributed by atoms with Gasteiger partial charge in [0.2, 0.25) is 0 Å². The number of benzene rings is 1. The van der Waals surface area contributed by atoms with Gasteiger partial charge in [0.15, 0.2) is 6.61 Å². The largest absolute Gasteiger partial charge is 0.456 e. The van der Waals surface area contributed by atoms with Gasteiger partial charge in [0.05, 0.1) is 6.61 Å². The zero-order valence-electron chi connectivity index (χ0n) is 8.78. The summed E-state index contributed by atoms with van der Waals surface area (Å²) in [5.74, 6) is -2.17. The maximum Gasteiger partial charge on any atom is 0.422 e. The molecular formula is C11H11F3O3. The second-order valence-corrected chi connectivity index (χ2v) is 3.37. The van der Waals surface area contributed by atoms with E-state index in [1.165, 1.54) is 12.1 Å². The van der Waals surface area contributed by atoms with Crippen molar-refractivity contribution < 1.29 is 27.8 Å². The van der Waals surface area contributed by atoms with E-state index in [1.54, 1.807) is 18.2 Å². The van der Waals surface area contributed by atoms with Crippen LogP contribution < -0.4 is 0 Å². The molecule has 0 fully saturated rings. The van der Waals surface area contributed by atoms with Crippen LogP contribution in [-0.2, 0) is 9.53 Å². The van der Waals surface area contributed by atoms with Crippen molar-refractivity contribution in [3.63, 3.8) is 0 Å². The molecule has 1 aromatic carbocycles. The van der Waals surface area contributed by atoms with E-state index in [4.69, 9.17) is 5.11 Å². The van der Waals surface area contributed by atoms with Crippen molar-refractivity contribution in [2.24, 2.45) is 0 Å². The van der Waals surface area contributed by atoms with Crippen molar-refractivity contribution in [1.82, 2.24) is 0 Å². The number of alkyl halides is 3. The highest BCUT2D eigenvalue weighted by Crippen LogP contribution is 2.19. The van der Waals surface area contributed by atoms with Crippen LogP contribution in [0.5, 0.6) is 0 Å². The maximum absolute atomic E-state index is 11.8. The minimum Gasteiger partial charge on any atom is -0.456 e. The highest BCUT2D eigenvalue weighted by Gasteiger charge is 2.31. The number of carbonyl (C=O) groups is 1. The Morgan fingerprint density at radius 3 is 2.35 bits per heavy atom. The Morgan fingerprint density at radius 2 is 1.88 bits per heavy atom. The minimum absolute atomic E-state index is 0.419. The van der Waals surface area contributed by atoms with Crippen LogP contribution in [0.1, 0.15) is 11.5 Å². The van der Waals surface area contributed by atoms with Gasteiger partial charge in [-0.05, 0) is 5.56 Å². The number of ether oxygens (including phenoxy) is 1. The Hall–Kier alpha value is -1.56. The Kier molecular flexibility index (Phi) is 4.51. The molecule has 0 unspecified atom stereocenters. The lowest BCUT2D eigenvalue weighted by atomic mass is 10.0. The van der Waals surface area contributed by atoms with Gasteiger partial charge in [-0.1, -0.05) is 30.3 Å². The molecule has 0 saturated carbocycles. The van der Waals surface area contributed by atoms with Crippen LogP contribution in [0.4, 0.5) is 13.2 Å². The van der Waals surface area contributed by atoms with E-state index in [1.807, 2.05) is 0 Å². The van der Waals surface area contributed by atoms with Gasteiger partial charge in [-0.2, -0.15) is 13.2 Å². The minimum atomic E-state index is -4.56. The molecule has 0 saturated heterocycles. The summed E-state index contributed by atoms with van der Waals surface area (Å²) in [6.45, 7) is -2.24. The van der Waals surface area contributed by atoms with E-state index in [9.17, 15) is 18.0 Å². The Labute approximate surface area is 95.8 Å². The molecule has 6 heteroatoms. The first-order chi connectivity index (χ1) is 7.94. The SMILES string of the molecule is O=C(OCC(F)(F)F)[C@H](CO)c1ccccc1. The predicted molar refractivity (Wildman–Crippen MR) is 53.3 cm³/mol. The molecule has 0 radical (unpaired) electrons. The summed E-state index contributed by atoms with van der Waals surface area (Å²) in [6.07, 6.45) is -4.56. The van der Waals surface area contributed by atoms with Crippen molar-refractivity contribution in [3.05, 3.63) is 35.9 Å². The van der Waals surface area contributed by atoms with Crippen LogP contribution in [0, 0.1) is 0 Å². The number of aliphatic hydroxyl groups is 1. The van der Waals surface area contributed by atoms with Gasteiger partial charge in [0.1, 0.15) is 5.92 Å². The normalized spacial score (nSPS) is 13.2. The fourth-order valence-corrected chi connectivity index (χ4v) is 1.25. The fourth-order valence-electron chi connectivity index (χ4n) is 1.25. The highest BCUT2D eigenvalue weighted by atomic mass is 19.4. The summed E-state index contributed by atoms with van der Waals surface area (Å²) in [5.41, 5.74) is 0.419. The molecule has 0 aliphatic rings. The van der Waals surface area contributed by atoms with Gasteiger partial charge in [0.25, 0.3) is 0 Å². The van der Waals surface area contributed by atoms with Crippen LogP contribution >= 0.6 is 0 Å². The number of carbonyl (C=O) groups excluding carboxylic acids is 1. The zero-order valence-corrected chi connectivity index (χ0v) is 8.78. The van der Waals surface area contributed by atoms with Crippen molar-refractivity contribution in [2.45, 2.75) is 12.1 Å². The number of aliphatic hydroxyl groups excluding tert-OH is 1. The topological polar surface area (TPSA) is 46.5 Å². The van der Waals surface area contributed by atoms with Crippen LogP contribution in [-0.4, -0.2) is 30.5 Å². The van der Waals surface area contributed by atoms with Crippen LogP contribution in [0.15, 0.2) is 30.3 Å². The second kappa shape index (κ2) is 5.67. The molecule has 0 spiro atoms. The standard InChI is InChI=1S/C11H11F3O3/c12-11(13,14)7-17-10(16)9(6-15)8-4-2-1-3-5-8/h1-5,9,15H,6-7H2/t9-/m1/s1. The molecule has 1 rings (SSSR count).